The highest BCUT2D eigenvalue weighted by Gasteiger charge is 2.13. The molecule has 0 aliphatic carbocycles. The Morgan fingerprint density at radius 1 is 1.50 bits per heavy atom. The molecule has 0 N–H and O–H groups in total. The number of aldehydes is 1. The van der Waals surface area contributed by atoms with E-state index in [1.165, 1.54) is 7.11 Å². The second kappa shape index (κ2) is 3.14. The lowest BCUT2D eigenvalue weighted by molar-refractivity contribution is 0.112. The molecule has 0 atom stereocenters. The minimum absolute atomic E-state index is 0.490. The van der Waals surface area contributed by atoms with Crippen molar-refractivity contribution in [3.05, 3.63) is 23.4 Å². The maximum absolute atomic E-state index is 10.9. The highest BCUT2D eigenvalue weighted by atomic mass is 16.5. The predicted octanol–water partition coefficient (Wildman–Crippen LogP) is 1.96. The molecule has 1 aromatic heterocycles. The zero-order valence-electron chi connectivity index (χ0n) is 7.90. The van der Waals surface area contributed by atoms with Crippen LogP contribution in [0.15, 0.2) is 16.7 Å². The van der Waals surface area contributed by atoms with E-state index in [1.54, 1.807) is 19.1 Å². The maximum Gasteiger partial charge on any atom is 0.168 e. The molecule has 4 nitrogen and oxygen atoms in total. The molecular weight excluding hydrogens is 182 g/mol. The van der Waals surface area contributed by atoms with Gasteiger partial charge in [-0.25, -0.2) is 0 Å². The minimum Gasteiger partial charge on any atom is -0.496 e. The Hall–Kier alpha value is -1.84. The normalized spacial score (nSPS) is 10.4. The lowest BCUT2D eigenvalue weighted by Crippen LogP contribution is -1.91. The first-order valence-electron chi connectivity index (χ1n) is 4.16. The number of aryl methyl sites for hydroxylation is 1. The average molecular weight is 191 g/mol. The van der Waals surface area contributed by atoms with Crippen molar-refractivity contribution in [3.8, 4) is 5.75 Å². The zero-order valence-corrected chi connectivity index (χ0v) is 7.90. The van der Waals surface area contributed by atoms with Gasteiger partial charge >= 0.3 is 0 Å². The fourth-order valence-electron chi connectivity index (χ4n) is 1.49. The summed E-state index contributed by atoms with van der Waals surface area (Å²) in [5, 5.41) is 4.51. The van der Waals surface area contributed by atoms with Crippen LogP contribution in [0.2, 0.25) is 0 Å². The summed E-state index contributed by atoms with van der Waals surface area (Å²) in [6.45, 7) is 1.79. The van der Waals surface area contributed by atoms with Crippen molar-refractivity contribution in [2.75, 3.05) is 7.11 Å². The number of methoxy groups -OCH3 is 1. The Morgan fingerprint density at radius 3 is 2.93 bits per heavy atom. The van der Waals surface area contributed by atoms with Crippen molar-refractivity contribution < 1.29 is 14.1 Å². The number of carbonyl (C=O) groups excluding carboxylic acids is 1. The predicted molar refractivity (Wildman–Crippen MR) is 50.7 cm³/mol. The second-order valence-corrected chi connectivity index (χ2v) is 2.94. The van der Waals surface area contributed by atoms with E-state index in [0.717, 1.165) is 11.7 Å². The molecule has 0 saturated heterocycles. The largest absolute Gasteiger partial charge is 0.496 e. The molecule has 1 aromatic carbocycles. The van der Waals surface area contributed by atoms with E-state index in [-0.39, 0.29) is 0 Å². The summed E-state index contributed by atoms with van der Waals surface area (Å²) in [4.78, 5) is 10.9. The summed E-state index contributed by atoms with van der Waals surface area (Å²) >= 11 is 0. The fraction of sp³-hybridized carbons (Fsp3) is 0.200. The molecule has 14 heavy (non-hydrogen) atoms. The van der Waals surface area contributed by atoms with Crippen LogP contribution in [0.5, 0.6) is 5.75 Å². The van der Waals surface area contributed by atoms with Crippen LogP contribution in [0.25, 0.3) is 11.0 Å². The average Bonchev–Trinajstić information content (AvgIpc) is 2.59. The van der Waals surface area contributed by atoms with Gasteiger partial charge in [0, 0.05) is 0 Å². The Labute approximate surface area is 80.4 Å². The summed E-state index contributed by atoms with van der Waals surface area (Å²) in [5.74, 6) is 0.541. The van der Waals surface area contributed by atoms with Gasteiger partial charge in [-0.15, -0.1) is 0 Å². The van der Waals surface area contributed by atoms with E-state index in [4.69, 9.17) is 9.26 Å². The first kappa shape index (κ1) is 8.74. The van der Waals surface area contributed by atoms with E-state index in [9.17, 15) is 4.79 Å². The number of hydrogen-bond donors (Lipinski definition) is 0. The number of rotatable bonds is 2. The molecule has 2 aromatic rings. The third-order valence-corrected chi connectivity index (χ3v) is 2.15. The molecule has 0 amide bonds. The van der Waals surface area contributed by atoms with Crippen LogP contribution in [0.3, 0.4) is 0 Å². The minimum atomic E-state index is 0.490. The molecule has 0 saturated carbocycles. The number of ether oxygens (including phenoxy) is 1. The van der Waals surface area contributed by atoms with Gasteiger partial charge in [0.2, 0.25) is 0 Å². The van der Waals surface area contributed by atoms with Crippen molar-refractivity contribution in [2.45, 2.75) is 6.92 Å². The van der Waals surface area contributed by atoms with Crippen molar-refractivity contribution in [1.29, 1.82) is 0 Å². The molecule has 72 valence electrons. The number of hydrogen-bond acceptors (Lipinski definition) is 4. The molecule has 0 fully saturated rings. The van der Waals surface area contributed by atoms with Gasteiger partial charge in [0.15, 0.2) is 11.9 Å². The highest BCUT2D eigenvalue weighted by molar-refractivity contribution is 5.99. The van der Waals surface area contributed by atoms with Gasteiger partial charge in [0.05, 0.1) is 23.8 Å². The van der Waals surface area contributed by atoms with Crippen molar-refractivity contribution in [2.24, 2.45) is 0 Å². The van der Waals surface area contributed by atoms with Gasteiger partial charge in [-0.3, -0.25) is 4.79 Å². The molecule has 0 aliphatic rings. The summed E-state index contributed by atoms with van der Waals surface area (Å²) in [6, 6.07) is 3.43. The van der Waals surface area contributed by atoms with E-state index >= 15 is 0 Å². The van der Waals surface area contributed by atoms with Gasteiger partial charge in [0.1, 0.15) is 5.75 Å². The summed E-state index contributed by atoms with van der Waals surface area (Å²) in [5.41, 5.74) is 1.79. The second-order valence-electron chi connectivity index (χ2n) is 2.94. The molecule has 0 spiro atoms. The monoisotopic (exact) mass is 191 g/mol. The number of nitrogens with zero attached hydrogens (tertiary/aromatic N) is 1. The molecule has 2 rings (SSSR count). The number of aromatic nitrogens is 1. The standard InChI is InChI=1S/C10H9NO3/c1-6-10-7(5-12)8(13-2)3-4-9(10)14-11-6/h3-5H,1-2H3. The SMILES string of the molecule is COc1ccc2onc(C)c2c1C=O. The number of benzene rings is 1. The van der Waals surface area contributed by atoms with Crippen LogP contribution in [-0.4, -0.2) is 18.6 Å². The molecule has 0 aliphatic heterocycles. The third-order valence-electron chi connectivity index (χ3n) is 2.15. The first-order valence-corrected chi connectivity index (χ1v) is 4.16. The van der Waals surface area contributed by atoms with Gasteiger partial charge in [-0.05, 0) is 19.1 Å². The lowest BCUT2D eigenvalue weighted by atomic mass is 10.1. The molecular formula is C10H9NO3. The van der Waals surface area contributed by atoms with E-state index < -0.39 is 0 Å². The smallest absolute Gasteiger partial charge is 0.168 e. The Morgan fingerprint density at radius 2 is 2.29 bits per heavy atom. The molecule has 0 unspecified atom stereocenters. The van der Waals surface area contributed by atoms with Crippen LogP contribution in [0.4, 0.5) is 0 Å². The fourth-order valence-corrected chi connectivity index (χ4v) is 1.49. The quantitative estimate of drug-likeness (QED) is 0.681. The molecule has 0 bridgehead atoms. The van der Waals surface area contributed by atoms with Gasteiger partial charge in [-0.2, -0.15) is 0 Å². The molecule has 4 heteroatoms. The molecule has 1 heterocycles. The Balaban J connectivity index is 2.87. The summed E-state index contributed by atoms with van der Waals surface area (Å²) < 4.78 is 10.1. The van der Waals surface area contributed by atoms with Crippen LogP contribution >= 0.6 is 0 Å². The number of carbonyl (C=O) groups is 1. The van der Waals surface area contributed by atoms with Crippen LogP contribution < -0.4 is 4.74 Å². The van der Waals surface area contributed by atoms with E-state index in [0.29, 0.717) is 22.6 Å². The van der Waals surface area contributed by atoms with Gasteiger partial charge < -0.3 is 9.26 Å². The van der Waals surface area contributed by atoms with Crippen LogP contribution in [0.1, 0.15) is 16.1 Å². The van der Waals surface area contributed by atoms with Crippen LogP contribution in [0, 0.1) is 6.92 Å². The third kappa shape index (κ3) is 1.08. The highest BCUT2D eigenvalue weighted by Crippen LogP contribution is 2.28. The topological polar surface area (TPSA) is 52.3 Å². The van der Waals surface area contributed by atoms with Crippen molar-refractivity contribution in [1.82, 2.24) is 5.16 Å². The van der Waals surface area contributed by atoms with E-state index in [2.05, 4.69) is 5.16 Å². The Bertz CT molecular complexity index is 487. The summed E-state index contributed by atoms with van der Waals surface area (Å²) in [7, 11) is 1.52. The van der Waals surface area contributed by atoms with Crippen molar-refractivity contribution >= 4 is 17.3 Å². The zero-order chi connectivity index (χ0) is 10.1. The molecule has 0 radical (unpaired) electrons. The number of fused-ring (bicyclic) bond motifs is 1. The first-order chi connectivity index (χ1) is 6.77. The summed E-state index contributed by atoms with van der Waals surface area (Å²) in [6.07, 6.45) is 0.755. The lowest BCUT2D eigenvalue weighted by Gasteiger charge is -2.02. The Kier molecular flexibility index (Phi) is 1.96. The maximum atomic E-state index is 10.9. The van der Waals surface area contributed by atoms with E-state index in [1.807, 2.05) is 0 Å². The van der Waals surface area contributed by atoms with Gasteiger partial charge in [0.25, 0.3) is 0 Å². The van der Waals surface area contributed by atoms with Crippen LogP contribution in [-0.2, 0) is 0 Å². The van der Waals surface area contributed by atoms with Crippen molar-refractivity contribution in [3.63, 3.8) is 0 Å². The van der Waals surface area contributed by atoms with Gasteiger partial charge in [-0.1, -0.05) is 5.16 Å².